The topological polar surface area (TPSA) is 78.9 Å². The second-order valence-electron chi connectivity index (χ2n) is 4.18. The molecular formula is C12H12FN5. The van der Waals surface area contributed by atoms with Gasteiger partial charge in [-0.15, -0.1) is 0 Å². The summed E-state index contributed by atoms with van der Waals surface area (Å²) in [5, 5.41) is 10.8. The van der Waals surface area contributed by atoms with E-state index in [1.165, 1.54) is 12.1 Å². The molecule has 0 aliphatic carbocycles. The molecule has 0 saturated heterocycles. The maximum atomic E-state index is 12.9. The van der Waals surface area contributed by atoms with Crippen LogP contribution < -0.4 is 22.0 Å². The van der Waals surface area contributed by atoms with E-state index < -0.39 is 5.79 Å². The van der Waals surface area contributed by atoms with Gasteiger partial charge in [-0.25, -0.2) is 9.07 Å². The minimum Gasteiger partial charge on any atom is -0.330 e. The van der Waals surface area contributed by atoms with Crippen LogP contribution in [0.25, 0.3) is 0 Å². The highest BCUT2D eigenvalue weighted by Crippen LogP contribution is 2.24. The van der Waals surface area contributed by atoms with Crippen molar-refractivity contribution in [3.05, 3.63) is 59.3 Å². The molecule has 0 radical (unpaired) electrons. The van der Waals surface area contributed by atoms with Crippen molar-refractivity contribution in [1.29, 1.82) is 5.41 Å². The molecule has 0 amide bonds. The smallest absolute Gasteiger partial charge is 0.204 e. The maximum absolute atomic E-state index is 12.9. The molecule has 1 aromatic carbocycles. The molecule has 0 fully saturated rings. The molecule has 3 rings (SSSR count). The van der Waals surface area contributed by atoms with Crippen molar-refractivity contribution in [2.75, 3.05) is 10.7 Å². The van der Waals surface area contributed by atoms with Crippen molar-refractivity contribution in [3.63, 3.8) is 0 Å². The van der Waals surface area contributed by atoms with Crippen molar-refractivity contribution >= 4 is 5.82 Å². The predicted molar refractivity (Wildman–Crippen MR) is 65.5 cm³/mol. The van der Waals surface area contributed by atoms with E-state index in [0.29, 0.717) is 11.4 Å². The van der Waals surface area contributed by atoms with E-state index in [1.807, 2.05) is 6.07 Å². The summed E-state index contributed by atoms with van der Waals surface area (Å²) < 4.78 is 14.5. The summed E-state index contributed by atoms with van der Waals surface area (Å²) in [6.07, 6.45) is 0. The van der Waals surface area contributed by atoms with E-state index in [1.54, 1.807) is 28.9 Å². The van der Waals surface area contributed by atoms with Crippen LogP contribution in [0, 0.1) is 11.2 Å². The van der Waals surface area contributed by atoms with Gasteiger partial charge in [-0.2, -0.15) is 0 Å². The zero-order valence-corrected chi connectivity index (χ0v) is 9.44. The van der Waals surface area contributed by atoms with Crippen LogP contribution in [-0.4, -0.2) is 4.68 Å². The van der Waals surface area contributed by atoms with Crippen molar-refractivity contribution in [2.24, 2.45) is 5.73 Å². The summed E-state index contributed by atoms with van der Waals surface area (Å²) in [6.45, 7) is 0. The van der Waals surface area contributed by atoms with Gasteiger partial charge in [0.25, 0.3) is 0 Å². The second-order valence-corrected chi connectivity index (χ2v) is 4.18. The Labute approximate surface area is 103 Å². The molecule has 0 bridgehead atoms. The highest BCUT2D eigenvalue weighted by molar-refractivity contribution is 5.49. The molecule has 2 aromatic rings. The number of fused-ring (bicyclic) bond motifs is 1. The van der Waals surface area contributed by atoms with E-state index in [0.717, 1.165) is 0 Å². The van der Waals surface area contributed by atoms with Gasteiger partial charge in [-0.1, -0.05) is 18.2 Å². The summed E-state index contributed by atoms with van der Waals surface area (Å²) in [5.41, 5.74) is 10.2. The largest absolute Gasteiger partial charge is 0.330 e. The summed E-state index contributed by atoms with van der Waals surface area (Å²) in [6, 6.07) is 11.1. The molecule has 92 valence electrons. The monoisotopic (exact) mass is 245 g/mol. The van der Waals surface area contributed by atoms with E-state index in [2.05, 4.69) is 10.7 Å². The van der Waals surface area contributed by atoms with Crippen LogP contribution in [0.15, 0.2) is 42.5 Å². The zero-order valence-electron chi connectivity index (χ0n) is 9.44. The number of nitrogens with one attached hydrogen (secondary N) is 3. The van der Waals surface area contributed by atoms with Gasteiger partial charge >= 0.3 is 0 Å². The Balaban J connectivity index is 2.03. The molecule has 6 heteroatoms. The fourth-order valence-corrected chi connectivity index (χ4v) is 1.98. The maximum Gasteiger partial charge on any atom is 0.204 e. The van der Waals surface area contributed by atoms with Crippen molar-refractivity contribution in [1.82, 2.24) is 4.68 Å². The van der Waals surface area contributed by atoms with Gasteiger partial charge in [-0.3, -0.25) is 16.6 Å². The van der Waals surface area contributed by atoms with Crippen LogP contribution in [-0.2, 0) is 5.79 Å². The number of benzene rings is 1. The van der Waals surface area contributed by atoms with Crippen molar-refractivity contribution < 1.29 is 4.39 Å². The number of aromatic nitrogens is 1. The summed E-state index contributed by atoms with van der Waals surface area (Å²) >= 11 is 0. The number of nitrogens with zero attached hydrogens (tertiary/aromatic N) is 1. The van der Waals surface area contributed by atoms with Gasteiger partial charge in [0.1, 0.15) is 17.1 Å². The quantitative estimate of drug-likeness (QED) is 0.601. The van der Waals surface area contributed by atoms with E-state index in [4.69, 9.17) is 11.1 Å². The van der Waals surface area contributed by atoms with E-state index in [9.17, 15) is 4.39 Å². The van der Waals surface area contributed by atoms with Gasteiger partial charge in [0, 0.05) is 5.56 Å². The van der Waals surface area contributed by atoms with Crippen LogP contribution in [0.5, 0.6) is 0 Å². The lowest BCUT2D eigenvalue weighted by Gasteiger charge is -2.25. The number of hydrogen-bond donors (Lipinski definition) is 4. The highest BCUT2D eigenvalue weighted by atomic mass is 19.1. The first kappa shape index (κ1) is 10.8. The Morgan fingerprint density at radius 3 is 2.56 bits per heavy atom. The van der Waals surface area contributed by atoms with Gasteiger partial charge in [0.05, 0.1) is 0 Å². The number of anilines is 1. The Bertz CT molecular complexity index is 648. The van der Waals surface area contributed by atoms with Crippen LogP contribution in [0.4, 0.5) is 10.2 Å². The molecular weight excluding hydrogens is 233 g/mol. The van der Waals surface area contributed by atoms with E-state index in [-0.39, 0.29) is 11.3 Å². The van der Waals surface area contributed by atoms with Gasteiger partial charge in [-0.05, 0) is 24.3 Å². The van der Waals surface area contributed by atoms with E-state index >= 15 is 0 Å². The highest BCUT2D eigenvalue weighted by Gasteiger charge is 2.33. The average Bonchev–Trinajstić information content (AvgIpc) is 2.69. The number of halogens is 1. The fourth-order valence-electron chi connectivity index (χ4n) is 1.98. The third-order valence-corrected chi connectivity index (χ3v) is 2.90. The third kappa shape index (κ3) is 1.54. The molecule has 1 aliphatic heterocycles. The molecule has 0 spiro atoms. The number of rotatable bonds is 1. The molecule has 1 aliphatic rings. The van der Waals surface area contributed by atoms with Crippen molar-refractivity contribution in [3.8, 4) is 0 Å². The van der Waals surface area contributed by atoms with Crippen LogP contribution >= 0.6 is 0 Å². The SMILES string of the molecule is N=c1cccc2n1NC(N)(c1ccc(F)cc1)N2. The Morgan fingerprint density at radius 1 is 1.17 bits per heavy atom. The number of pyridine rings is 1. The van der Waals surface area contributed by atoms with Gasteiger partial charge < -0.3 is 5.32 Å². The zero-order chi connectivity index (χ0) is 12.8. The number of hydrogen-bond acceptors (Lipinski definition) is 4. The lowest BCUT2D eigenvalue weighted by molar-refractivity contribution is 0.559. The molecule has 5 N–H and O–H groups in total. The molecule has 1 atom stereocenters. The van der Waals surface area contributed by atoms with Crippen LogP contribution in [0.1, 0.15) is 5.56 Å². The van der Waals surface area contributed by atoms with Crippen molar-refractivity contribution in [2.45, 2.75) is 5.79 Å². The summed E-state index contributed by atoms with van der Waals surface area (Å²) in [4.78, 5) is 0. The number of nitrogens with two attached hydrogens (primary N) is 1. The van der Waals surface area contributed by atoms with Crippen LogP contribution in [0.2, 0.25) is 0 Å². The first-order chi connectivity index (χ1) is 8.58. The minimum absolute atomic E-state index is 0.287. The first-order valence-corrected chi connectivity index (χ1v) is 5.46. The summed E-state index contributed by atoms with van der Waals surface area (Å²) in [5.74, 6) is -0.668. The molecule has 0 saturated carbocycles. The van der Waals surface area contributed by atoms with Gasteiger partial charge in [0.2, 0.25) is 5.79 Å². The molecule has 2 heterocycles. The second kappa shape index (κ2) is 3.58. The third-order valence-electron chi connectivity index (χ3n) is 2.90. The molecule has 1 aromatic heterocycles. The molecule has 5 nitrogen and oxygen atoms in total. The Kier molecular flexibility index (Phi) is 2.14. The summed E-state index contributed by atoms with van der Waals surface area (Å²) in [7, 11) is 0. The Hall–Kier alpha value is -2.34. The average molecular weight is 245 g/mol. The standard InChI is InChI=1S/C12H12FN5/c13-9-6-4-8(5-7-9)12(15)16-11-3-1-2-10(14)18(11)17-12/h1-7,14,16-17H,15H2. The fraction of sp³-hybridized carbons (Fsp3) is 0.0833. The predicted octanol–water partition coefficient (Wildman–Crippen LogP) is 0.845. The first-order valence-electron chi connectivity index (χ1n) is 5.46. The lowest BCUT2D eigenvalue weighted by atomic mass is 10.1. The lowest BCUT2D eigenvalue weighted by Crippen LogP contribution is -2.50. The molecule has 18 heavy (non-hydrogen) atoms. The minimum atomic E-state index is -1.04. The van der Waals surface area contributed by atoms with Crippen LogP contribution in [0.3, 0.4) is 0 Å². The Morgan fingerprint density at radius 2 is 1.89 bits per heavy atom. The van der Waals surface area contributed by atoms with Gasteiger partial charge in [0.15, 0.2) is 0 Å². The normalized spacial score (nSPS) is 21.0. The molecule has 1 unspecified atom stereocenters.